The van der Waals surface area contributed by atoms with Crippen LogP contribution in [0.25, 0.3) is 10.6 Å². The first kappa shape index (κ1) is 19.2. The van der Waals surface area contributed by atoms with Gasteiger partial charge in [-0.1, -0.05) is 11.2 Å². The lowest BCUT2D eigenvalue weighted by Crippen LogP contribution is -2.40. The van der Waals surface area contributed by atoms with E-state index in [4.69, 9.17) is 4.52 Å². The van der Waals surface area contributed by atoms with Crippen molar-refractivity contribution in [3.63, 3.8) is 0 Å². The summed E-state index contributed by atoms with van der Waals surface area (Å²) in [5.74, 6) is 3.36. The standard InChI is InChI=1S/C19H23N5O2S2/c1-2-23-13-20-21-19(23)14-5-3-7-24(10-14)18(25)12-27-11-15-9-16(26-22-15)17-6-4-8-28-17/h4,6,8-9,13-14H,2-3,5,7,10-12H2,1H3. The number of thiophene rings is 1. The van der Waals surface area contributed by atoms with Crippen LogP contribution in [0, 0.1) is 0 Å². The summed E-state index contributed by atoms with van der Waals surface area (Å²) in [6.07, 6.45) is 3.83. The van der Waals surface area contributed by atoms with Gasteiger partial charge in [0.1, 0.15) is 12.2 Å². The van der Waals surface area contributed by atoms with Gasteiger partial charge in [-0.2, -0.15) is 0 Å². The molecule has 28 heavy (non-hydrogen) atoms. The number of aryl methyl sites for hydroxylation is 1. The number of rotatable bonds is 7. The van der Waals surface area contributed by atoms with E-state index in [0.717, 1.165) is 54.6 Å². The lowest BCUT2D eigenvalue weighted by molar-refractivity contribution is -0.129. The molecule has 4 rings (SSSR count). The number of hydrogen-bond donors (Lipinski definition) is 0. The number of carbonyl (C=O) groups is 1. The Labute approximate surface area is 172 Å². The van der Waals surface area contributed by atoms with Gasteiger partial charge in [0.15, 0.2) is 5.76 Å². The number of piperidine rings is 1. The molecule has 0 aromatic carbocycles. The van der Waals surface area contributed by atoms with Crippen molar-refractivity contribution in [3.8, 4) is 10.6 Å². The minimum absolute atomic E-state index is 0.180. The molecule has 1 atom stereocenters. The number of carbonyl (C=O) groups excluding carboxylic acids is 1. The van der Waals surface area contributed by atoms with Gasteiger partial charge in [0.05, 0.1) is 16.3 Å². The van der Waals surface area contributed by atoms with Crippen molar-refractivity contribution < 1.29 is 9.32 Å². The van der Waals surface area contributed by atoms with E-state index in [1.807, 2.05) is 28.5 Å². The molecule has 1 saturated heterocycles. The number of aromatic nitrogens is 4. The third kappa shape index (κ3) is 4.30. The van der Waals surface area contributed by atoms with Crippen molar-refractivity contribution in [1.82, 2.24) is 24.8 Å². The SMILES string of the molecule is CCn1cnnc1C1CCCN(C(=O)CSCc2cc(-c3cccs3)on2)C1. The van der Waals surface area contributed by atoms with E-state index in [1.54, 1.807) is 29.4 Å². The van der Waals surface area contributed by atoms with E-state index in [0.29, 0.717) is 11.5 Å². The van der Waals surface area contributed by atoms with E-state index in [9.17, 15) is 4.79 Å². The Morgan fingerprint density at radius 1 is 1.46 bits per heavy atom. The first-order valence-corrected chi connectivity index (χ1v) is 11.5. The summed E-state index contributed by atoms with van der Waals surface area (Å²) in [6.45, 7) is 4.49. The molecule has 1 amide bonds. The zero-order valence-electron chi connectivity index (χ0n) is 15.8. The van der Waals surface area contributed by atoms with Gasteiger partial charge in [0.25, 0.3) is 0 Å². The van der Waals surface area contributed by atoms with Crippen LogP contribution >= 0.6 is 23.1 Å². The Balaban J connectivity index is 1.28. The molecule has 0 saturated carbocycles. The maximum atomic E-state index is 12.7. The fourth-order valence-corrected chi connectivity index (χ4v) is 4.96. The molecule has 1 unspecified atom stereocenters. The second-order valence-corrected chi connectivity index (χ2v) is 8.74. The Hall–Kier alpha value is -2.13. The molecule has 7 nitrogen and oxygen atoms in total. The molecule has 1 aliphatic rings. The summed E-state index contributed by atoms with van der Waals surface area (Å²) in [4.78, 5) is 15.7. The van der Waals surface area contributed by atoms with Gasteiger partial charge in [-0.15, -0.1) is 33.3 Å². The van der Waals surface area contributed by atoms with Crippen LogP contribution in [0.15, 0.2) is 34.4 Å². The molecular formula is C19H23N5O2S2. The molecule has 1 aliphatic heterocycles. The summed E-state index contributed by atoms with van der Waals surface area (Å²) in [5.41, 5.74) is 0.869. The Morgan fingerprint density at radius 3 is 3.21 bits per heavy atom. The lowest BCUT2D eigenvalue weighted by atomic mass is 9.97. The van der Waals surface area contributed by atoms with E-state index in [-0.39, 0.29) is 11.8 Å². The second kappa shape index (κ2) is 8.91. The largest absolute Gasteiger partial charge is 0.355 e. The molecule has 4 heterocycles. The molecule has 0 bridgehead atoms. The van der Waals surface area contributed by atoms with Crippen LogP contribution in [-0.2, 0) is 17.1 Å². The van der Waals surface area contributed by atoms with Crippen molar-refractivity contribution in [2.45, 2.75) is 38.0 Å². The maximum absolute atomic E-state index is 12.7. The Morgan fingerprint density at radius 2 is 2.39 bits per heavy atom. The highest BCUT2D eigenvalue weighted by molar-refractivity contribution is 7.99. The molecule has 1 fully saturated rings. The van der Waals surface area contributed by atoms with Crippen molar-refractivity contribution in [1.29, 1.82) is 0 Å². The van der Waals surface area contributed by atoms with Gasteiger partial charge >= 0.3 is 0 Å². The van der Waals surface area contributed by atoms with Crippen LogP contribution in [0.4, 0.5) is 0 Å². The minimum Gasteiger partial charge on any atom is -0.355 e. The number of hydrogen-bond acceptors (Lipinski definition) is 7. The van der Waals surface area contributed by atoms with Gasteiger partial charge in [-0.05, 0) is 31.2 Å². The second-order valence-electron chi connectivity index (χ2n) is 6.81. The van der Waals surface area contributed by atoms with E-state index < -0.39 is 0 Å². The fraction of sp³-hybridized carbons (Fsp3) is 0.474. The molecule has 0 radical (unpaired) electrons. The molecule has 148 valence electrons. The number of likely N-dealkylation sites (tertiary alicyclic amines) is 1. The molecule has 9 heteroatoms. The van der Waals surface area contributed by atoms with Crippen molar-refractivity contribution >= 4 is 29.0 Å². The lowest BCUT2D eigenvalue weighted by Gasteiger charge is -2.32. The molecule has 3 aromatic rings. The Kier molecular flexibility index (Phi) is 6.11. The fourth-order valence-electron chi connectivity index (χ4n) is 3.49. The third-order valence-electron chi connectivity index (χ3n) is 4.92. The van der Waals surface area contributed by atoms with Gasteiger partial charge in [0.2, 0.25) is 5.91 Å². The van der Waals surface area contributed by atoms with Crippen LogP contribution < -0.4 is 0 Å². The van der Waals surface area contributed by atoms with Crippen LogP contribution in [0.2, 0.25) is 0 Å². The maximum Gasteiger partial charge on any atom is 0.232 e. The van der Waals surface area contributed by atoms with E-state index in [2.05, 4.69) is 26.8 Å². The van der Waals surface area contributed by atoms with Crippen LogP contribution in [-0.4, -0.2) is 49.6 Å². The first-order chi connectivity index (χ1) is 13.7. The predicted molar refractivity (Wildman–Crippen MR) is 110 cm³/mol. The predicted octanol–water partition coefficient (Wildman–Crippen LogP) is 3.65. The van der Waals surface area contributed by atoms with Crippen molar-refractivity contribution in [2.24, 2.45) is 0 Å². The number of thioether (sulfide) groups is 1. The number of nitrogens with zero attached hydrogens (tertiary/aromatic N) is 5. The summed E-state index contributed by atoms with van der Waals surface area (Å²) >= 11 is 3.21. The number of amides is 1. The average Bonchev–Trinajstić information content (AvgIpc) is 3.48. The quantitative estimate of drug-likeness (QED) is 0.584. The summed E-state index contributed by atoms with van der Waals surface area (Å²) < 4.78 is 7.47. The van der Waals surface area contributed by atoms with Crippen molar-refractivity contribution in [3.05, 3.63) is 41.4 Å². The Bertz CT molecular complexity index is 905. The third-order valence-corrected chi connectivity index (χ3v) is 6.76. The summed E-state index contributed by atoms with van der Waals surface area (Å²) in [6, 6.07) is 5.96. The van der Waals surface area contributed by atoms with Crippen LogP contribution in [0.3, 0.4) is 0 Å². The first-order valence-electron chi connectivity index (χ1n) is 9.47. The highest BCUT2D eigenvalue weighted by atomic mass is 32.2. The zero-order chi connectivity index (χ0) is 19.3. The van der Waals surface area contributed by atoms with E-state index in [1.165, 1.54) is 0 Å². The minimum atomic E-state index is 0.180. The van der Waals surface area contributed by atoms with Crippen molar-refractivity contribution in [2.75, 3.05) is 18.8 Å². The molecule has 0 spiro atoms. The topological polar surface area (TPSA) is 77.0 Å². The zero-order valence-corrected chi connectivity index (χ0v) is 17.4. The monoisotopic (exact) mass is 417 g/mol. The molecule has 0 aliphatic carbocycles. The van der Waals surface area contributed by atoms with Crippen LogP contribution in [0.5, 0.6) is 0 Å². The summed E-state index contributed by atoms with van der Waals surface area (Å²) in [7, 11) is 0. The van der Waals surface area contributed by atoms with E-state index >= 15 is 0 Å². The van der Waals surface area contributed by atoms with Crippen LogP contribution in [0.1, 0.15) is 37.2 Å². The normalized spacial score (nSPS) is 17.2. The highest BCUT2D eigenvalue weighted by Crippen LogP contribution is 2.28. The highest BCUT2D eigenvalue weighted by Gasteiger charge is 2.27. The smallest absolute Gasteiger partial charge is 0.232 e. The van der Waals surface area contributed by atoms with Gasteiger partial charge in [-0.25, -0.2) is 0 Å². The van der Waals surface area contributed by atoms with Gasteiger partial charge in [-0.3, -0.25) is 4.79 Å². The summed E-state index contributed by atoms with van der Waals surface area (Å²) in [5, 5.41) is 14.4. The molecule has 0 N–H and O–H groups in total. The van der Waals surface area contributed by atoms with Gasteiger partial charge in [0, 0.05) is 37.4 Å². The molecule has 3 aromatic heterocycles. The average molecular weight is 418 g/mol. The van der Waals surface area contributed by atoms with Gasteiger partial charge < -0.3 is 14.0 Å². The molecular weight excluding hydrogens is 394 g/mol.